The molecular weight excluding hydrogens is 188 g/mol. The molecule has 0 radical (unpaired) electrons. The maximum Gasteiger partial charge on any atom is 0.139 e. The Hall–Kier alpha value is -1.15. The van der Waals surface area contributed by atoms with Crippen molar-refractivity contribution in [1.82, 2.24) is 0 Å². The lowest BCUT2D eigenvalue weighted by atomic mass is 9.85. The van der Waals surface area contributed by atoms with Gasteiger partial charge in [0.2, 0.25) is 0 Å². The lowest BCUT2D eigenvalue weighted by Gasteiger charge is -2.23. The van der Waals surface area contributed by atoms with Crippen LogP contribution >= 0.6 is 0 Å². The van der Waals surface area contributed by atoms with Crippen molar-refractivity contribution in [3.63, 3.8) is 0 Å². The average Bonchev–Trinajstić information content (AvgIpc) is 2.18. The van der Waals surface area contributed by atoms with Gasteiger partial charge in [-0.25, -0.2) is 0 Å². The van der Waals surface area contributed by atoms with Crippen LogP contribution in [-0.2, 0) is 4.79 Å². The summed E-state index contributed by atoms with van der Waals surface area (Å²) in [5.74, 6) is -0.298. The van der Waals surface area contributed by atoms with Crippen LogP contribution < -0.4 is 0 Å². The van der Waals surface area contributed by atoms with Crippen LogP contribution in [0.2, 0.25) is 0 Å². The molecule has 0 aromatic heterocycles. The molecule has 0 spiro atoms. The Morgan fingerprint density at radius 2 is 1.73 bits per heavy atom. The first-order valence-electron chi connectivity index (χ1n) is 5.27. The fourth-order valence-corrected chi connectivity index (χ4v) is 1.72. The fourth-order valence-electron chi connectivity index (χ4n) is 1.72. The zero-order chi connectivity index (χ0) is 11.4. The van der Waals surface area contributed by atoms with E-state index in [0.29, 0.717) is 0 Å². The van der Waals surface area contributed by atoms with E-state index in [9.17, 15) is 9.90 Å². The molecule has 2 heteroatoms. The maximum absolute atomic E-state index is 11.5. The van der Waals surface area contributed by atoms with E-state index in [1.807, 2.05) is 44.2 Å². The first-order chi connectivity index (χ1) is 7.04. The van der Waals surface area contributed by atoms with Crippen LogP contribution in [0, 0.1) is 5.92 Å². The van der Waals surface area contributed by atoms with Crippen molar-refractivity contribution in [3.05, 3.63) is 35.9 Å². The topological polar surface area (TPSA) is 37.3 Å². The molecule has 1 aromatic rings. The van der Waals surface area contributed by atoms with E-state index in [4.69, 9.17) is 0 Å². The highest BCUT2D eigenvalue weighted by atomic mass is 16.3. The highest BCUT2D eigenvalue weighted by Crippen LogP contribution is 2.25. The van der Waals surface area contributed by atoms with Gasteiger partial charge < -0.3 is 5.11 Å². The minimum absolute atomic E-state index is 0.0161. The number of carbonyl (C=O) groups excluding carboxylic acids is 1. The molecule has 2 nitrogen and oxygen atoms in total. The minimum atomic E-state index is -0.607. The summed E-state index contributed by atoms with van der Waals surface area (Å²) >= 11 is 0. The van der Waals surface area contributed by atoms with Crippen LogP contribution in [0.25, 0.3) is 0 Å². The third kappa shape index (κ3) is 2.90. The second-order valence-corrected chi connectivity index (χ2v) is 4.23. The molecule has 1 rings (SSSR count). The molecule has 0 saturated heterocycles. The maximum atomic E-state index is 11.5. The summed E-state index contributed by atoms with van der Waals surface area (Å²) in [5.41, 5.74) is 0.895. The Balaban J connectivity index is 2.99. The van der Waals surface area contributed by atoms with Crippen LogP contribution in [-0.4, -0.2) is 17.0 Å². The van der Waals surface area contributed by atoms with Gasteiger partial charge in [0.05, 0.1) is 12.0 Å². The molecule has 0 heterocycles. The van der Waals surface area contributed by atoms with Gasteiger partial charge in [-0.15, -0.1) is 0 Å². The second kappa shape index (κ2) is 5.08. The molecule has 0 unspecified atom stereocenters. The third-order valence-corrected chi connectivity index (χ3v) is 2.62. The van der Waals surface area contributed by atoms with Gasteiger partial charge >= 0.3 is 0 Å². The Bertz CT molecular complexity index is 317. The summed E-state index contributed by atoms with van der Waals surface area (Å²) in [6.45, 7) is 5.37. The monoisotopic (exact) mass is 206 g/mol. The van der Waals surface area contributed by atoms with Crippen LogP contribution in [0.15, 0.2) is 30.3 Å². The Morgan fingerprint density at radius 3 is 2.13 bits per heavy atom. The van der Waals surface area contributed by atoms with Crippen molar-refractivity contribution in [2.75, 3.05) is 0 Å². The fraction of sp³-hybridized carbons (Fsp3) is 0.462. The van der Waals surface area contributed by atoms with Gasteiger partial charge in [-0.1, -0.05) is 44.2 Å². The number of ketones is 1. The summed E-state index contributed by atoms with van der Waals surface area (Å²) < 4.78 is 0. The highest BCUT2D eigenvalue weighted by molar-refractivity contribution is 5.84. The molecule has 0 aliphatic carbocycles. The Labute approximate surface area is 90.9 Å². The minimum Gasteiger partial charge on any atom is -0.392 e. The molecule has 0 fully saturated rings. The first kappa shape index (κ1) is 11.9. The standard InChI is InChI=1S/C13H18O2/c1-9(2)13(15)12(10(3)14)11-7-5-4-6-8-11/h4-9,12-13,15H,1-3H3/t12-,13-/m0/s1. The van der Waals surface area contributed by atoms with E-state index in [-0.39, 0.29) is 11.7 Å². The van der Waals surface area contributed by atoms with Crippen LogP contribution in [0.5, 0.6) is 0 Å². The van der Waals surface area contributed by atoms with Gasteiger partial charge in [-0.2, -0.15) is 0 Å². The molecule has 82 valence electrons. The van der Waals surface area contributed by atoms with Gasteiger partial charge in [0.25, 0.3) is 0 Å². The highest BCUT2D eigenvalue weighted by Gasteiger charge is 2.27. The number of aliphatic hydroxyl groups is 1. The van der Waals surface area contributed by atoms with Gasteiger partial charge in [-0.3, -0.25) is 4.79 Å². The van der Waals surface area contributed by atoms with Crippen molar-refractivity contribution in [2.45, 2.75) is 32.8 Å². The summed E-state index contributed by atoms with van der Waals surface area (Å²) in [6.07, 6.45) is -0.607. The summed E-state index contributed by atoms with van der Waals surface area (Å²) in [7, 11) is 0. The van der Waals surface area contributed by atoms with Gasteiger partial charge in [0, 0.05) is 0 Å². The van der Waals surface area contributed by atoms with Gasteiger partial charge in [0.1, 0.15) is 5.78 Å². The Morgan fingerprint density at radius 1 is 1.20 bits per heavy atom. The second-order valence-electron chi connectivity index (χ2n) is 4.23. The normalized spacial score (nSPS) is 15.0. The van der Waals surface area contributed by atoms with Crippen LogP contribution in [0.1, 0.15) is 32.3 Å². The predicted molar refractivity (Wildman–Crippen MR) is 60.7 cm³/mol. The molecular formula is C13H18O2. The van der Waals surface area contributed by atoms with Crippen molar-refractivity contribution in [3.8, 4) is 0 Å². The third-order valence-electron chi connectivity index (χ3n) is 2.62. The zero-order valence-electron chi connectivity index (χ0n) is 9.47. The van der Waals surface area contributed by atoms with Crippen LogP contribution in [0.3, 0.4) is 0 Å². The van der Waals surface area contributed by atoms with Crippen molar-refractivity contribution in [2.24, 2.45) is 5.92 Å². The largest absolute Gasteiger partial charge is 0.392 e. The van der Waals surface area contributed by atoms with E-state index in [0.717, 1.165) is 5.56 Å². The average molecular weight is 206 g/mol. The lowest BCUT2D eigenvalue weighted by Crippen LogP contribution is -2.29. The Kier molecular flexibility index (Phi) is 4.04. The quantitative estimate of drug-likeness (QED) is 0.821. The van der Waals surface area contributed by atoms with Crippen molar-refractivity contribution in [1.29, 1.82) is 0 Å². The predicted octanol–water partition coefficient (Wildman–Crippen LogP) is 2.38. The van der Waals surface area contributed by atoms with Crippen LogP contribution in [0.4, 0.5) is 0 Å². The first-order valence-corrected chi connectivity index (χ1v) is 5.27. The molecule has 2 atom stereocenters. The number of rotatable bonds is 4. The van der Waals surface area contributed by atoms with E-state index in [2.05, 4.69) is 0 Å². The van der Waals surface area contributed by atoms with E-state index in [1.54, 1.807) is 0 Å². The number of benzene rings is 1. The van der Waals surface area contributed by atoms with E-state index >= 15 is 0 Å². The molecule has 1 N–H and O–H groups in total. The molecule has 0 aliphatic heterocycles. The number of hydrogen-bond donors (Lipinski definition) is 1. The summed E-state index contributed by atoms with van der Waals surface area (Å²) in [4.78, 5) is 11.5. The summed E-state index contributed by atoms with van der Waals surface area (Å²) in [5, 5.41) is 9.99. The SMILES string of the molecule is CC(=O)[C@@H](c1ccccc1)[C@@H](O)C(C)C. The van der Waals surface area contributed by atoms with E-state index in [1.165, 1.54) is 6.92 Å². The number of aliphatic hydroxyl groups excluding tert-OH is 1. The molecule has 0 aliphatic rings. The van der Waals surface area contributed by atoms with Gasteiger partial charge in [-0.05, 0) is 18.4 Å². The lowest BCUT2D eigenvalue weighted by molar-refractivity contribution is -0.121. The van der Waals surface area contributed by atoms with Gasteiger partial charge in [0.15, 0.2) is 0 Å². The molecule has 15 heavy (non-hydrogen) atoms. The number of Topliss-reactive ketones (excluding diaryl/α,β-unsaturated/α-hetero) is 1. The number of carbonyl (C=O) groups is 1. The molecule has 0 amide bonds. The van der Waals surface area contributed by atoms with Crippen molar-refractivity contribution < 1.29 is 9.90 Å². The number of hydrogen-bond acceptors (Lipinski definition) is 2. The molecule has 0 saturated carbocycles. The van der Waals surface area contributed by atoms with E-state index < -0.39 is 12.0 Å². The zero-order valence-corrected chi connectivity index (χ0v) is 9.47. The van der Waals surface area contributed by atoms with Crippen molar-refractivity contribution >= 4 is 5.78 Å². The smallest absolute Gasteiger partial charge is 0.139 e. The molecule has 1 aromatic carbocycles. The molecule has 0 bridgehead atoms. The summed E-state index contributed by atoms with van der Waals surface area (Å²) in [6, 6.07) is 9.45.